The molecule has 7 heteroatoms. The zero-order chi connectivity index (χ0) is 22.2. The molecule has 0 radical (unpaired) electrons. The predicted molar refractivity (Wildman–Crippen MR) is 124 cm³/mol. The van der Waals surface area contributed by atoms with Crippen molar-refractivity contribution in [3.8, 4) is 5.75 Å². The summed E-state index contributed by atoms with van der Waals surface area (Å²) in [6.45, 7) is 2.45. The molecule has 0 unspecified atom stereocenters. The topological polar surface area (TPSA) is 59.1 Å². The molecule has 3 aromatic rings. The van der Waals surface area contributed by atoms with Gasteiger partial charge >= 0.3 is 0 Å². The number of carbonyl (C=O) groups excluding carboxylic acids is 2. The molecule has 2 amide bonds. The summed E-state index contributed by atoms with van der Waals surface area (Å²) in [6, 6.07) is 23.8. The average Bonchev–Trinajstić information content (AvgIpc) is 3.32. The second-order valence-electron chi connectivity index (χ2n) is 7.65. The van der Waals surface area contributed by atoms with E-state index in [9.17, 15) is 9.59 Å². The highest BCUT2D eigenvalue weighted by Gasteiger charge is 2.60. The van der Waals surface area contributed by atoms with Crippen molar-refractivity contribution in [2.24, 2.45) is 5.92 Å². The van der Waals surface area contributed by atoms with Gasteiger partial charge < -0.3 is 4.74 Å². The minimum absolute atomic E-state index is 0.268. The Kier molecular flexibility index (Phi) is 5.45. The fraction of sp³-hybridized carbons (Fsp3) is 0.200. The Morgan fingerprint density at radius 3 is 2.22 bits per heavy atom. The molecule has 6 nitrogen and oxygen atoms in total. The summed E-state index contributed by atoms with van der Waals surface area (Å²) in [7, 11) is 0. The lowest BCUT2D eigenvalue weighted by Gasteiger charge is -2.28. The normalized spacial score (nSPS) is 22.4. The van der Waals surface area contributed by atoms with E-state index in [1.807, 2.05) is 61.5 Å². The molecule has 2 fully saturated rings. The van der Waals surface area contributed by atoms with E-state index >= 15 is 0 Å². The second kappa shape index (κ2) is 8.41. The SMILES string of the molecule is CCOc1ccc(N2C(=O)[C@@H]3[C@@H](ON(c4ccccc4)[C@H]3c3ccc(Br)cc3)C2=O)cc1. The van der Waals surface area contributed by atoms with E-state index in [0.717, 1.165) is 15.7 Å². The van der Waals surface area contributed by atoms with Gasteiger partial charge in [-0.3, -0.25) is 14.4 Å². The van der Waals surface area contributed by atoms with E-state index in [4.69, 9.17) is 9.57 Å². The van der Waals surface area contributed by atoms with E-state index in [1.54, 1.807) is 29.3 Å². The second-order valence-corrected chi connectivity index (χ2v) is 8.56. The summed E-state index contributed by atoms with van der Waals surface area (Å²) in [5, 5.41) is 1.70. The van der Waals surface area contributed by atoms with E-state index in [2.05, 4.69) is 15.9 Å². The number of benzene rings is 3. The minimum Gasteiger partial charge on any atom is -0.494 e. The predicted octanol–water partition coefficient (Wildman–Crippen LogP) is 4.90. The van der Waals surface area contributed by atoms with Gasteiger partial charge in [0, 0.05) is 4.47 Å². The lowest BCUT2D eigenvalue weighted by molar-refractivity contribution is -0.126. The first-order valence-electron chi connectivity index (χ1n) is 10.5. The number of fused-ring (bicyclic) bond motifs is 1. The van der Waals surface area contributed by atoms with Gasteiger partial charge in [-0.2, -0.15) is 0 Å². The zero-order valence-corrected chi connectivity index (χ0v) is 18.9. The van der Waals surface area contributed by atoms with Crippen molar-refractivity contribution < 1.29 is 19.2 Å². The first-order valence-corrected chi connectivity index (χ1v) is 11.2. The summed E-state index contributed by atoms with van der Waals surface area (Å²) in [6.07, 6.45) is -0.886. The number of hydroxylamine groups is 1. The largest absolute Gasteiger partial charge is 0.494 e. The monoisotopic (exact) mass is 492 g/mol. The van der Waals surface area contributed by atoms with Crippen LogP contribution in [0.25, 0.3) is 0 Å². The third-order valence-corrected chi connectivity index (χ3v) is 6.27. The van der Waals surface area contributed by atoms with Crippen LogP contribution in [0.1, 0.15) is 18.5 Å². The van der Waals surface area contributed by atoms with E-state index in [0.29, 0.717) is 18.0 Å². The van der Waals surface area contributed by atoms with Crippen molar-refractivity contribution in [2.45, 2.75) is 19.1 Å². The number of halogens is 1. The van der Waals surface area contributed by atoms with Gasteiger partial charge in [-0.05, 0) is 61.0 Å². The molecule has 162 valence electrons. The van der Waals surface area contributed by atoms with E-state index in [-0.39, 0.29) is 11.8 Å². The molecule has 0 aromatic heterocycles. The summed E-state index contributed by atoms with van der Waals surface area (Å²) < 4.78 is 6.41. The van der Waals surface area contributed by atoms with Gasteiger partial charge in [0.05, 0.1) is 24.0 Å². The quantitative estimate of drug-likeness (QED) is 0.474. The number of carbonyl (C=O) groups is 2. The van der Waals surface area contributed by atoms with Gasteiger partial charge in [0.15, 0.2) is 6.10 Å². The summed E-state index contributed by atoms with van der Waals surface area (Å²) in [4.78, 5) is 34.3. The van der Waals surface area contributed by atoms with E-state index in [1.165, 1.54) is 4.90 Å². The standard InChI is InChI=1S/C25H21BrN2O4/c1-2-31-20-14-12-18(13-15-20)27-24(29)21-22(16-8-10-17(26)11-9-16)28(32-23(21)25(27)30)19-6-4-3-5-7-19/h3-15,21-23H,2H2,1H3/t21-,22-,23+/m0/s1. The molecule has 2 aliphatic rings. The molecular weight excluding hydrogens is 472 g/mol. The zero-order valence-electron chi connectivity index (χ0n) is 17.4. The highest BCUT2D eigenvalue weighted by Crippen LogP contribution is 2.47. The molecule has 0 saturated carbocycles. The smallest absolute Gasteiger partial charge is 0.266 e. The number of hydrogen-bond donors (Lipinski definition) is 0. The number of nitrogens with zero attached hydrogens (tertiary/aromatic N) is 2. The maximum atomic E-state index is 13.6. The Morgan fingerprint density at radius 2 is 1.56 bits per heavy atom. The Balaban J connectivity index is 1.53. The van der Waals surface area contributed by atoms with Crippen molar-refractivity contribution in [3.05, 3.63) is 88.9 Å². The van der Waals surface area contributed by atoms with Crippen LogP contribution in [0.4, 0.5) is 11.4 Å². The molecule has 0 N–H and O–H groups in total. The van der Waals surface area contributed by atoms with Crippen LogP contribution in [0.3, 0.4) is 0 Å². The number of para-hydroxylation sites is 1. The third-order valence-electron chi connectivity index (χ3n) is 5.74. The van der Waals surface area contributed by atoms with Gasteiger partial charge in [0.1, 0.15) is 11.7 Å². The van der Waals surface area contributed by atoms with Crippen LogP contribution in [0.5, 0.6) is 5.75 Å². The first-order chi connectivity index (χ1) is 15.6. The molecule has 0 aliphatic carbocycles. The van der Waals surface area contributed by atoms with Crippen LogP contribution in [0.15, 0.2) is 83.3 Å². The van der Waals surface area contributed by atoms with Crippen molar-refractivity contribution >= 4 is 39.1 Å². The first kappa shape index (κ1) is 20.7. The Hall–Kier alpha value is -3.16. The van der Waals surface area contributed by atoms with Crippen LogP contribution in [-0.4, -0.2) is 24.5 Å². The number of anilines is 2. The number of rotatable bonds is 5. The molecule has 2 saturated heterocycles. The maximum absolute atomic E-state index is 13.6. The maximum Gasteiger partial charge on any atom is 0.266 e. The summed E-state index contributed by atoms with van der Waals surface area (Å²) >= 11 is 3.46. The molecule has 0 spiro atoms. The average molecular weight is 493 g/mol. The van der Waals surface area contributed by atoms with Crippen LogP contribution < -0.4 is 14.7 Å². The number of amides is 2. The fourth-order valence-corrected chi connectivity index (χ4v) is 4.59. The van der Waals surface area contributed by atoms with Crippen molar-refractivity contribution in [3.63, 3.8) is 0 Å². The van der Waals surface area contributed by atoms with Crippen LogP contribution in [-0.2, 0) is 14.4 Å². The number of ether oxygens (including phenoxy) is 1. The van der Waals surface area contributed by atoms with Gasteiger partial charge in [-0.15, -0.1) is 0 Å². The third kappa shape index (κ3) is 3.47. The van der Waals surface area contributed by atoms with Gasteiger partial charge in [-0.1, -0.05) is 46.3 Å². The summed E-state index contributed by atoms with van der Waals surface area (Å²) in [5.41, 5.74) is 2.21. The minimum atomic E-state index is -0.886. The van der Waals surface area contributed by atoms with Crippen LogP contribution >= 0.6 is 15.9 Å². The molecule has 3 atom stereocenters. The highest BCUT2D eigenvalue weighted by atomic mass is 79.9. The molecule has 0 bridgehead atoms. The van der Waals surface area contributed by atoms with Crippen molar-refractivity contribution in [1.82, 2.24) is 0 Å². The van der Waals surface area contributed by atoms with Gasteiger partial charge in [0.2, 0.25) is 5.91 Å². The molecule has 3 aromatic carbocycles. The molecular formula is C25H21BrN2O4. The van der Waals surface area contributed by atoms with E-state index < -0.39 is 18.1 Å². The highest BCUT2D eigenvalue weighted by molar-refractivity contribution is 9.10. The van der Waals surface area contributed by atoms with Crippen LogP contribution in [0, 0.1) is 5.92 Å². The molecule has 2 aliphatic heterocycles. The fourth-order valence-electron chi connectivity index (χ4n) is 4.32. The Labute approximate surface area is 194 Å². The number of imide groups is 1. The van der Waals surface area contributed by atoms with Crippen molar-refractivity contribution in [2.75, 3.05) is 16.6 Å². The van der Waals surface area contributed by atoms with Gasteiger partial charge in [-0.25, -0.2) is 9.96 Å². The van der Waals surface area contributed by atoms with Crippen molar-refractivity contribution in [1.29, 1.82) is 0 Å². The lowest BCUT2D eigenvalue weighted by Crippen LogP contribution is -2.37. The van der Waals surface area contributed by atoms with Gasteiger partial charge in [0.25, 0.3) is 5.91 Å². The molecule has 5 rings (SSSR count). The lowest BCUT2D eigenvalue weighted by atomic mass is 9.90. The van der Waals surface area contributed by atoms with Crippen LogP contribution in [0.2, 0.25) is 0 Å². The molecule has 2 heterocycles. The Morgan fingerprint density at radius 1 is 0.875 bits per heavy atom. The summed E-state index contributed by atoms with van der Waals surface area (Å²) in [5.74, 6) is -0.592. The Bertz CT molecular complexity index is 1130. The molecule has 32 heavy (non-hydrogen) atoms. The number of hydrogen-bond acceptors (Lipinski definition) is 5.